The highest BCUT2D eigenvalue weighted by molar-refractivity contribution is 9.10. The molecule has 8 heteroatoms. The first-order valence-electron chi connectivity index (χ1n) is 5.20. The summed E-state index contributed by atoms with van der Waals surface area (Å²) in [7, 11) is 0. The molecular formula is C11H9BrN2O4S. The Morgan fingerprint density at radius 3 is 2.79 bits per heavy atom. The van der Waals surface area contributed by atoms with Gasteiger partial charge in [0.2, 0.25) is 0 Å². The van der Waals surface area contributed by atoms with E-state index in [1.165, 1.54) is 6.07 Å². The van der Waals surface area contributed by atoms with Gasteiger partial charge in [-0.05, 0) is 35.0 Å². The lowest BCUT2D eigenvalue weighted by atomic mass is 10.4. The van der Waals surface area contributed by atoms with Gasteiger partial charge in [0.15, 0.2) is 10.4 Å². The molecule has 0 saturated heterocycles. The molecule has 0 aliphatic rings. The number of halogens is 1. The first-order valence-corrected chi connectivity index (χ1v) is 6.81. The minimum absolute atomic E-state index is 0.163. The molecule has 0 saturated carbocycles. The summed E-state index contributed by atoms with van der Waals surface area (Å²) in [6, 6.07) is 3.15. The number of rotatable bonds is 4. The summed E-state index contributed by atoms with van der Waals surface area (Å²) in [6.45, 7) is 1.78. The van der Waals surface area contributed by atoms with E-state index in [0.717, 1.165) is 11.3 Å². The maximum Gasteiger partial charge on any atom is 0.347 e. The first-order chi connectivity index (χ1) is 8.97. The number of carboxylic acids is 1. The molecule has 0 atom stereocenters. The smallest absolute Gasteiger partial charge is 0.347 e. The number of hydrogen-bond acceptors (Lipinski definition) is 5. The lowest BCUT2D eigenvalue weighted by Gasteiger charge is -1.99. The fourth-order valence-corrected chi connectivity index (χ4v) is 2.56. The highest BCUT2D eigenvalue weighted by atomic mass is 79.9. The van der Waals surface area contributed by atoms with Gasteiger partial charge in [0.25, 0.3) is 5.91 Å². The number of carbonyl (C=O) groups excluding carboxylic acids is 1. The number of furan rings is 1. The van der Waals surface area contributed by atoms with Gasteiger partial charge in [0.05, 0.1) is 12.2 Å². The summed E-state index contributed by atoms with van der Waals surface area (Å²) in [5.41, 5.74) is 0.447. The molecule has 0 bridgehead atoms. The van der Waals surface area contributed by atoms with Crippen LogP contribution in [0.15, 0.2) is 21.2 Å². The van der Waals surface area contributed by atoms with Crippen molar-refractivity contribution in [3.8, 4) is 0 Å². The minimum Gasteiger partial charge on any atom is -0.477 e. The molecule has 2 N–H and O–H groups in total. The SMILES string of the molecule is Cc1nc(CNC(=O)c2ccc(Br)o2)sc1C(=O)O. The number of carboxylic acid groups (broad SMARTS) is 1. The molecule has 2 rings (SSSR count). The van der Waals surface area contributed by atoms with E-state index in [1.54, 1.807) is 13.0 Å². The predicted octanol–water partition coefficient (Wildman–Crippen LogP) is 2.44. The van der Waals surface area contributed by atoms with E-state index in [9.17, 15) is 9.59 Å². The molecule has 1 amide bonds. The van der Waals surface area contributed by atoms with Crippen LogP contribution in [0.5, 0.6) is 0 Å². The van der Waals surface area contributed by atoms with Crippen LogP contribution in [-0.4, -0.2) is 22.0 Å². The average molecular weight is 345 g/mol. The van der Waals surface area contributed by atoms with Crippen LogP contribution in [0.3, 0.4) is 0 Å². The number of aromatic nitrogens is 1. The van der Waals surface area contributed by atoms with Gasteiger partial charge < -0.3 is 14.8 Å². The van der Waals surface area contributed by atoms with Crippen LogP contribution in [0.2, 0.25) is 0 Å². The van der Waals surface area contributed by atoms with Gasteiger partial charge in [-0.1, -0.05) is 0 Å². The average Bonchev–Trinajstić information content (AvgIpc) is 2.92. The second-order valence-corrected chi connectivity index (χ2v) is 5.48. The van der Waals surface area contributed by atoms with Crippen molar-refractivity contribution in [1.82, 2.24) is 10.3 Å². The molecule has 2 heterocycles. The molecule has 0 spiro atoms. The van der Waals surface area contributed by atoms with E-state index in [1.807, 2.05) is 0 Å². The standard InChI is InChI=1S/C11H9BrN2O4S/c1-5-9(11(16)17)19-8(14-5)4-13-10(15)6-2-3-7(12)18-6/h2-3H,4H2,1H3,(H,13,15)(H,16,17). The summed E-state index contributed by atoms with van der Waals surface area (Å²) >= 11 is 4.15. The van der Waals surface area contributed by atoms with E-state index in [2.05, 4.69) is 26.2 Å². The lowest BCUT2D eigenvalue weighted by molar-refractivity contribution is 0.0701. The summed E-state index contributed by atoms with van der Waals surface area (Å²) in [6.07, 6.45) is 0. The zero-order valence-electron chi connectivity index (χ0n) is 9.77. The number of aromatic carboxylic acids is 1. The first kappa shape index (κ1) is 13.8. The van der Waals surface area contributed by atoms with E-state index < -0.39 is 5.97 Å². The molecule has 0 unspecified atom stereocenters. The summed E-state index contributed by atoms with van der Waals surface area (Å²) < 4.78 is 5.56. The molecule has 100 valence electrons. The number of aryl methyl sites for hydroxylation is 1. The molecule has 0 fully saturated rings. The fraction of sp³-hybridized carbons (Fsp3) is 0.182. The molecule has 0 aromatic carbocycles. The van der Waals surface area contributed by atoms with E-state index in [0.29, 0.717) is 15.4 Å². The molecule has 2 aromatic rings. The highest BCUT2D eigenvalue weighted by Crippen LogP contribution is 2.18. The quantitative estimate of drug-likeness (QED) is 0.888. The molecule has 0 aliphatic heterocycles. The normalized spacial score (nSPS) is 10.4. The molecule has 2 aromatic heterocycles. The van der Waals surface area contributed by atoms with Crippen LogP contribution in [0, 0.1) is 6.92 Å². The van der Waals surface area contributed by atoms with Gasteiger partial charge in [-0.15, -0.1) is 11.3 Å². The van der Waals surface area contributed by atoms with Crippen molar-refractivity contribution in [2.45, 2.75) is 13.5 Å². The Morgan fingerprint density at radius 1 is 1.53 bits per heavy atom. The molecule has 0 radical (unpaired) electrons. The Balaban J connectivity index is 2.01. The minimum atomic E-state index is -1.01. The Labute approximate surface area is 120 Å². The van der Waals surface area contributed by atoms with E-state index in [4.69, 9.17) is 9.52 Å². The number of nitrogens with one attached hydrogen (secondary N) is 1. The van der Waals surface area contributed by atoms with Crippen molar-refractivity contribution in [3.05, 3.63) is 38.1 Å². The zero-order chi connectivity index (χ0) is 14.0. The number of thiazole rings is 1. The number of amides is 1. The summed E-state index contributed by atoms with van der Waals surface area (Å²) in [4.78, 5) is 26.8. The second-order valence-electron chi connectivity index (χ2n) is 3.61. The monoisotopic (exact) mass is 344 g/mol. The zero-order valence-corrected chi connectivity index (χ0v) is 12.2. The largest absolute Gasteiger partial charge is 0.477 e. The van der Waals surface area contributed by atoms with Gasteiger partial charge in [0, 0.05) is 0 Å². The van der Waals surface area contributed by atoms with E-state index in [-0.39, 0.29) is 23.1 Å². The Kier molecular flexibility index (Phi) is 4.01. The van der Waals surface area contributed by atoms with Crippen molar-refractivity contribution >= 4 is 39.1 Å². The molecule has 19 heavy (non-hydrogen) atoms. The Hall–Kier alpha value is -1.67. The second kappa shape index (κ2) is 5.54. The Morgan fingerprint density at radius 2 is 2.26 bits per heavy atom. The lowest BCUT2D eigenvalue weighted by Crippen LogP contribution is -2.22. The van der Waals surface area contributed by atoms with Gasteiger partial charge in [0.1, 0.15) is 9.88 Å². The molecule has 0 aliphatic carbocycles. The topological polar surface area (TPSA) is 92.4 Å². The number of hydrogen-bond donors (Lipinski definition) is 2. The highest BCUT2D eigenvalue weighted by Gasteiger charge is 2.15. The summed E-state index contributed by atoms with van der Waals surface area (Å²) in [5.74, 6) is -1.21. The van der Waals surface area contributed by atoms with Crippen LogP contribution in [0.4, 0.5) is 0 Å². The van der Waals surface area contributed by atoms with Crippen molar-refractivity contribution in [3.63, 3.8) is 0 Å². The molecule has 6 nitrogen and oxygen atoms in total. The summed E-state index contributed by atoms with van der Waals surface area (Å²) in [5, 5.41) is 12.0. The van der Waals surface area contributed by atoms with Crippen LogP contribution in [0.25, 0.3) is 0 Å². The van der Waals surface area contributed by atoms with Crippen LogP contribution in [0.1, 0.15) is 30.9 Å². The van der Waals surface area contributed by atoms with Gasteiger partial charge >= 0.3 is 5.97 Å². The maximum absolute atomic E-state index is 11.7. The number of carbonyl (C=O) groups is 2. The van der Waals surface area contributed by atoms with Crippen molar-refractivity contribution < 1.29 is 19.1 Å². The fourth-order valence-electron chi connectivity index (χ4n) is 1.41. The predicted molar refractivity (Wildman–Crippen MR) is 71.4 cm³/mol. The molecular weight excluding hydrogens is 336 g/mol. The van der Waals surface area contributed by atoms with Gasteiger partial charge in [-0.2, -0.15) is 0 Å². The van der Waals surface area contributed by atoms with Crippen LogP contribution < -0.4 is 5.32 Å². The third-order valence-corrected chi connectivity index (χ3v) is 3.80. The van der Waals surface area contributed by atoms with Crippen molar-refractivity contribution in [2.24, 2.45) is 0 Å². The maximum atomic E-state index is 11.7. The van der Waals surface area contributed by atoms with E-state index >= 15 is 0 Å². The Bertz CT molecular complexity index is 634. The third kappa shape index (κ3) is 3.21. The number of nitrogens with zero attached hydrogens (tertiary/aromatic N) is 1. The van der Waals surface area contributed by atoms with Crippen molar-refractivity contribution in [2.75, 3.05) is 0 Å². The van der Waals surface area contributed by atoms with Gasteiger partial charge in [-0.3, -0.25) is 4.79 Å². The van der Waals surface area contributed by atoms with Gasteiger partial charge in [-0.25, -0.2) is 9.78 Å². The third-order valence-electron chi connectivity index (χ3n) is 2.23. The van der Waals surface area contributed by atoms with Crippen molar-refractivity contribution in [1.29, 1.82) is 0 Å². The van der Waals surface area contributed by atoms with Crippen LogP contribution >= 0.6 is 27.3 Å². The van der Waals surface area contributed by atoms with Crippen LogP contribution in [-0.2, 0) is 6.54 Å².